The van der Waals surface area contributed by atoms with Crippen LogP contribution in [0.2, 0.25) is 0 Å². The van der Waals surface area contributed by atoms with Crippen LogP contribution in [-0.4, -0.2) is 12.1 Å². The van der Waals surface area contributed by atoms with E-state index in [1.807, 2.05) is 6.07 Å². The molecule has 0 spiro atoms. The van der Waals surface area contributed by atoms with Crippen molar-refractivity contribution < 1.29 is 13.5 Å². The van der Waals surface area contributed by atoms with E-state index in [9.17, 15) is 14.0 Å². The Labute approximate surface area is 143 Å². The molecule has 0 unspecified atom stereocenters. The first-order valence-corrected chi connectivity index (χ1v) is 7.34. The maximum atomic E-state index is 14.2. The number of rotatable bonds is 3. The predicted molar refractivity (Wildman–Crippen MR) is 90.7 cm³/mol. The van der Waals surface area contributed by atoms with Gasteiger partial charge in [0, 0.05) is 16.7 Å². The van der Waals surface area contributed by atoms with Gasteiger partial charge in [-0.2, -0.15) is 5.26 Å². The summed E-state index contributed by atoms with van der Waals surface area (Å²) in [5.41, 5.74) is 7.03. The van der Waals surface area contributed by atoms with E-state index in [2.05, 4.69) is 4.98 Å². The van der Waals surface area contributed by atoms with Gasteiger partial charge in [0.15, 0.2) is 0 Å². The van der Waals surface area contributed by atoms with Crippen LogP contribution in [0.15, 0.2) is 48.5 Å². The average Bonchev–Trinajstić information content (AvgIpc) is 2.63. The highest BCUT2D eigenvalue weighted by Crippen LogP contribution is 2.35. The van der Waals surface area contributed by atoms with Gasteiger partial charge < -0.3 is 10.5 Å². The molecular formula is C19H13F2N3O. The van der Waals surface area contributed by atoms with E-state index in [0.29, 0.717) is 17.0 Å². The Kier molecular flexibility index (Phi) is 4.31. The molecule has 6 heteroatoms. The molecule has 0 atom stereocenters. The summed E-state index contributed by atoms with van der Waals surface area (Å²) in [6.07, 6.45) is 0. The number of nitrogens with zero attached hydrogens (tertiary/aromatic N) is 2. The first-order valence-electron chi connectivity index (χ1n) is 7.34. The summed E-state index contributed by atoms with van der Waals surface area (Å²) < 4.78 is 33.1. The number of nitrogen functional groups attached to an aromatic ring is 1. The molecule has 3 aromatic rings. The molecule has 0 bridgehead atoms. The number of nitriles is 1. The summed E-state index contributed by atoms with van der Waals surface area (Å²) in [6.45, 7) is 0. The Hall–Kier alpha value is -3.46. The fourth-order valence-electron chi connectivity index (χ4n) is 2.59. The lowest BCUT2D eigenvalue weighted by atomic mass is 9.97. The van der Waals surface area contributed by atoms with Crippen LogP contribution in [0, 0.1) is 23.0 Å². The lowest BCUT2D eigenvalue weighted by Gasteiger charge is -2.13. The van der Waals surface area contributed by atoms with E-state index in [0.717, 1.165) is 18.2 Å². The number of aromatic nitrogens is 1. The van der Waals surface area contributed by atoms with Gasteiger partial charge in [-0.3, -0.25) is 0 Å². The minimum atomic E-state index is -0.658. The van der Waals surface area contributed by atoms with Gasteiger partial charge in [0.25, 0.3) is 0 Å². The van der Waals surface area contributed by atoms with Gasteiger partial charge in [0.1, 0.15) is 34.8 Å². The van der Waals surface area contributed by atoms with Crippen molar-refractivity contribution in [1.82, 2.24) is 4.98 Å². The smallest absolute Gasteiger partial charge is 0.142 e. The first-order chi connectivity index (χ1) is 12.0. The van der Waals surface area contributed by atoms with E-state index < -0.39 is 11.6 Å². The zero-order valence-corrected chi connectivity index (χ0v) is 13.3. The van der Waals surface area contributed by atoms with Crippen molar-refractivity contribution in [3.8, 4) is 34.2 Å². The quantitative estimate of drug-likeness (QED) is 0.779. The lowest BCUT2D eigenvalue weighted by Crippen LogP contribution is -2.01. The van der Waals surface area contributed by atoms with Crippen LogP contribution < -0.4 is 10.5 Å². The van der Waals surface area contributed by atoms with Crippen molar-refractivity contribution in [2.75, 3.05) is 12.8 Å². The van der Waals surface area contributed by atoms with Crippen LogP contribution in [0.5, 0.6) is 5.75 Å². The normalized spacial score (nSPS) is 10.3. The van der Waals surface area contributed by atoms with Gasteiger partial charge in [-0.1, -0.05) is 12.1 Å². The molecule has 0 aliphatic carbocycles. The molecule has 0 saturated carbocycles. The van der Waals surface area contributed by atoms with Crippen molar-refractivity contribution in [3.05, 3.63) is 65.7 Å². The lowest BCUT2D eigenvalue weighted by molar-refractivity contribution is 0.416. The number of methoxy groups -OCH3 is 1. The molecule has 0 radical (unpaired) electrons. The first kappa shape index (κ1) is 16.4. The average molecular weight is 337 g/mol. The number of halogens is 2. The maximum Gasteiger partial charge on any atom is 0.142 e. The molecule has 2 aromatic carbocycles. The third-order valence-electron chi connectivity index (χ3n) is 3.76. The summed E-state index contributed by atoms with van der Waals surface area (Å²) in [5.74, 6) is -0.793. The van der Waals surface area contributed by atoms with E-state index in [-0.39, 0.29) is 22.5 Å². The highest BCUT2D eigenvalue weighted by Gasteiger charge is 2.18. The highest BCUT2D eigenvalue weighted by molar-refractivity contribution is 5.81. The summed E-state index contributed by atoms with van der Waals surface area (Å²) in [6, 6.07) is 13.5. The Balaban J connectivity index is 2.31. The molecule has 1 heterocycles. The van der Waals surface area contributed by atoms with Crippen molar-refractivity contribution >= 4 is 5.82 Å². The molecule has 2 N–H and O–H groups in total. The SMILES string of the molecule is COc1ccccc1-c1cc(-c2cc(F)ccc2F)c(C#N)c(N)n1. The van der Waals surface area contributed by atoms with Crippen molar-refractivity contribution in [1.29, 1.82) is 5.26 Å². The second-order valence-corrected chi connectivity index (χ2v) is 5.25. The molecule has 1 aromatic heterocycles. The third-order valence-corrected chi connectivity index (χ3v) is 3.76. The van der Waals surface area contributed by atoms with Crippen LogP contribution >= 0.6 is 0 Å². The van der Waals surface area contributed by atoms with Crippen LogP contribution in [0.25, 0.3) is 22.4 Å². The molecule has 0 aliphatic rings. The fourth-order valence-corrected chi connectivity index (χ4v) is 2.59. The number of anilines is 1. The molecule has 0 aliphatic heterocycles. The number of para-hydroxylation sites is 1. The Bertz CT molecular complexity index is 996. The third kappa shape index (κ3) is 3.00. The number of pyridine rings is 1. The maximum absolute atomic E-state index is 14.2. The summed E-state index contributed by atoms with van der Waals surface area (Å²) in [7, 11) is 1.51. The Morgan fingerprint density at radius 1 is 1.04 bits per heavy atom. The Morgan fingerprint density at radius 3 is 2.52 bits per heavy atom. The zero-order valence-electron chi connectivity index (χ0n) is 13.3. The number of ether oxygens (including phenoxy) is 1. The fraction of sp³-hybridized carbons (Fsp3) is 0.0526. The molecule has 124 valence electrons. The van der Waals surface area contributed by atoms with Crippen LogP contribution in [0.1, 0.15) is 5.56 Å². The monoisotopic (exact) mass is 337 g/mol. The molecule has 3 rings (SSSR count). The van der Waals surface area contributed by atoms with Gasteiger partial charge in [-0.25, -0.2) is 13.8 Å². The number of hydrogen-bond acceptors (Lipinski definition) is 4. The largest absolute Gasteiger partial charge is 0.496 e. The van der Waals surface area contributed by atoms with Gasteiger partial charge in [-0.05, 0) is 36.4 Å². The van der Waals surface area contributed by atoms with Gasteiger partial charge >= 0.3 is 0 Å². The van der Waals surface area contributed by atoms with E-state index in [1.54, 1.807) is 24.3 Å². The number of benzene rings is 2. The van der Waals surface area contributed by atoms with Crippen LogP contribution in [-0.2, 0) is 0 Å². The van der Waals surface area contributed by atoms with Crippen LogP contribution in [0.4, 0.5) is 14.6 Å². The van der Waals surface area contributed by atoms with E-state index >= 15 is 0 Å². The highest BCUT2D eigenvalue weighted by atomic mass is 19.1. The van der Waals surface area contributed by atoms with E-state index in [4.69, 9.17) is 10.5 Å². The second kappa shape index (κ2) is 6.57. The number of hydrogen-bond donors (Lipinski definition) is 1. The molecule has 0 amide bonds. The van der Waals surface area contributed by atoms with Crippen molar-refractivity contribution in [2.24, 2.45) is 0 Å². The van der Waals surface area contributed by atoms with Crippen LogP contribution in [0.3, 0.4) is 0 Å². The summed E-state index contributed by atoms with van der Waals surface area (Å²) >= 11 is 0. The topological polar surface area (TPSA) is 71.9 Å². The standard InChI is InChI=1S/C19H13F2N3O/c1-25-18-5-3-2-4-12(18)17-9-13(15(10-22)19(23)24-17)14-8-11(20)6-7-16(14)21/h2-9H,1H3,(H2,23,24). The predicted octanol–water partition coefficient (Wildman–Crippen LogP) is 4.16. The molecule has 0 saturated heterocycles. The van der Waals surface area contributed by atoms with Crippen molar-refractivity contribution in [3.63, 3.8) is 0 Å². The number of nitrogens with two attached hydrogens (primary N) is 1. The van der Waals surface area contributed by atoms with Gasteiger partial charge in [0.05, 0.1) is 12.8 Å². The zero-order chi connectivity index (χ0) is 18.0. The summed E-state index contributed by atoms with van der Waals surface area (Å²) in [4.78, 5) is 4.22. The second-order valence-electron chi connectivity index (χ2n) is 5.25. The summed E-state index contributed by atoms with van der Waals surface area (Å²) in [5, 5.41) is 9.37. The molecule has 25 heavy (non-hydrogen) atoms. The Morgan fingerprint density at radius 2 is 1.80 bits per heavy atom. The minimum Gasteiger partial charge on any atom is -0.496 e. The molecule has 4 nitrogen and oxygen atoms in total. The van der Waals surface area contributed by atoms with Gasteiger partial charge in [0.2, 0.25) is 0 Å². The minimum absolute atomic E-state index is 0.0110. The van der Waals surface area contributed by atoms with Crippen molar-refractivity contribution in [2.45, 2.75) is 0 Å². The molecular weight excluding hydrogens is 324 g/mol. The van der Waals surface area contributed by atoms with E-state index in [1.165, 1.54) is 13.2 Å². The molecule has 0 fully saturated rings. The van der Waals surface area contributed by atoms with Gasteiger partial charge in [-0.15, -0.1) is 0 Å².